The third-order valence-corrected chi connectivity index (χ3v) is 6.64. The quantitative estimate of drug-likeness (QED) is 0.633. The lowest BCUT2D eigenvalue weighted by Crippen LogP contribution is -2.48. The summed E-state index contributed by atoms with van der Waals surface area (Å²) in [5.74, 6) is 0.669. The predicted molar refractivity (Wildman–Crippen MR) is 106 cm³/mol. The molecule has 1 aliphatic heterocycles. The summed E-state index contributed by atoms with van der Waals surface area (Å²) in [5.41, 5.74) is 2.28. The lowest BCUT2D eigenvalue weighted by Gasteiger charge is -2.34. The fraction of sp³-hybridized carbons (Fsp3) is 0.316. The Balaban J connectivity index is 1.25. The van der Waals surface area contributed by atoms with E-state index in [0.717, 1.165) is 42.6 Å². The second-order valence-corrected chi connectivity index (χ2v) is 8.50. The van der Waals surface area contributed by atoms with Crippen LogP contribution < -0.4 is 0 Å². The number of rotatable bonds is 5. The number of nitrogens with zero attached hydrogens (tertiary/aromatic N) is 4. The molecule has 3 heterocycles. The largest absolute Gasteiger partial charge is 0.339 e. The number of pyridine rings is 1. The minimum Gasteiger partial charge on any atom is -0.339 e. The van der Waals surface area contributed by atoms with Crippen LogP contribution in [0.25, 0.3) is 10.2 Å². The monoisotopic (exact) mass is 384 g/mol. The zero-order valence-corrected chi connectivity index (χ0v) is 16.0. The van der Waals surface area contributed by atoms with Gasteiger partial charge in [0.25, 0.3) is 0 Å². The average molecular weight is 385 g/mol. The highest BCUT2D eigenvalue weighted by Gasteiger charge is 2.21. The van der Waals surface area contributed by atoms with Gasteiger partial charge in [-0.05, 0) is 29.8 Å². The molecule has 1 fully saturated rings. The Kier molecular flexibility index (Phi) is 5.48. The number of para-hydroxylation sites is 1. The zero-order chi connectivity index (χ0) is 17.8. The molecule has 3 aromatic rings. The molecule has 0 saturated carbocycles. The molecule has 26 heavy (non-hydrogen) atoms. The van der Waals surface area contributed by atoms with Crippen LogP contribution in [-0.4, -0.2) is 57.6 Å². The number of hydrogen-bond donors (Lipinski definition) is 0. The van der Waals surface area contributed by atoms with Crippen LogP contribution in [0.15, 0.2) is 53.1 Å². The van der Waals surface area contributed by atoms with E-state index < -0.39 is 0 Å². The third kappa shape index (κ3) is 4.23. The highest BCUT2D eigenvalue weighted by Crippen LogP contribution is 2.29. The second kappa shape index (κ2) is 8.16. The first-order valence-corrected chi connectivity index (χ1v) is 10.5. The Hall–Kier alpha value is -1.96. The number of carbonyl (C=O) groups is 1. The molecule has 1 aromatic carbocycles. The van der Waals surface area contributed by atoms with E-state index in [-0.39, 0.29) is 5.91 Å². The molecule has 4 rings (SSSR count). The van der Waals surface area contributed by atoms with Gasteiger partial charge in [0.05, 0.1) is 16.0 Å². The van der Waals surface area contributed by atoms with Crippen molar-refractivity contribution in [1.82, 2.24) is 19.8 Å². The Morgan fingerprint density at radius 1 is 1.08 bits per heavy atom. The molecule has 0 aliphatic carbocycles. The first-order chi connectivity index (χ1) is 12.8. The van der Waals surface area contributed by atoms with Gasteiger partial charge in [0.1, 0.15) is 0 Å². The first kappa shape index (κ1) is 17.5. The third-order valence-electron chi connectivity index (χ3n) is 4.47. The fourth-order valence-corrected chi connectivity index (χ4v) is 5.00. The molecule has 0 atom stereocenters. The maximum Gasteiger partial charge on any atom is 0.233 e. The normalized spacial score (nSPS) is 15.5. The van der Waals surface area contributed by atoms with Gasteiger partial charge in [-0.15, -0.1) is 11.3 Å². The van der Waals surface area contributed by atoms with Gasteiger partial charge in [-0.25, -0.2) is 4.98 Å². The molecular weight excluding hydrogens is 364 g/mol. The van der Waals surface area contributed by atoms with Crippen LogP contribution in [0, 0.1) is 0 Å². The molecule has 134 valence electrons. The number of benzene rings is 1. The van der Waals surface area contributed by atoms with Gasteiger partial charge in [0.2, 0.25) is 5.91 Å². The van der Waals surface area contributed by atoms with Crippen LogP contribution >= 0.6 is 23.1 Å². The maximum absolute atomic E-state index is 12.5. The summed E-state index contributed by atoms with van der Waals surface area (Å²) in [6.07, 6.45) is 3.66. The summed E-state index contributed by atoms with van der Waals surface area (Å²) in [7, 11) is 0. The smallest absolute Gasteiger partial charge is 0.233 e. The van der Waals surface area contributed by atoms with E-state index in [9.17, 15) is 4.79 Å². The molecule has 1 saturated heterocycles. The number of amides is 1. The number of hydrogen-bond acceptors (Lipinski definition) is 6. The second-order valence-electron chi connectivity index (χ2n) is 6.25. The van der Waals surface area contributed by atoms with Gasteiger partial charge in [0.15, 0.2) is 4.34 Å². The van der Waals surface area contributed by atoms with Crippen LogP contribution in [0.1, 0.15) is 5.56 Å². The minimum absolute atomic E-state index is 0.206. The SMILES string of the molecule is O=C(CSc1nc2ccccc2s1)N1CCN(Cc2ccncc2)CC1. The average Bonchev–Trinajstić information content (AvgIpc) is 3.10. The number of thiazole rings is 1. The Bertz CT molecular complexity index is 842. The zero-order valence-electron chi connectivity index (χ0n) is 14.4. The Morgan fingerprint density at radius 3 is 2.62 bits per heavy atom. The van der Waals surface area contributed by atoms with E-state index in [1.54, 1.807) is 23.1 Å². The summed E-state index contributed by atoms with van der Waals surface area (Å²) < 4.78 is 2.14. The summed E-state index contributed by atoms with van der Waals surface area (Å²) >= 11 is 3.20. The van der Waals surface area contributed by atoms with Crippen molar-refractivity contribution in [2.24, 2.45) is 0 Å². The number of aromatic nitrogens is 2. The van der Waals surface area contributed by atoms with Gasteiger partial charge < -0.3 is 4.90 Å². The lowest BCUT2D eigenvalue weighted by atomic mass is 10.2. The van der Waals surface area contributed by atoms with Crippen LogP contribution in [-0.2, 0) is 11.3 Å². The highest BCUT2D eigenvalue weighted by molar-refractivity contribution is 8.01. The Labute approximate surface area is 161 Å². The van der Waals surface area contributed by atoms with Crippen molar-refractivity contribution < 1.29 is 4.79 Å². The standard InChI is InChI=1S/C19H20N4OS2/c24-18(14-25-19-21-16-3-1-2-4-17(16)26-19)23-11-9-22(10-12-23)13-15-5-7-20-8-6-15/h1-8H,9-14H2. The van der Waals surface area contributed by atoms with E-state index in [2.05, 4.69) is 20.9 Å². The van der Waals surface area contributed by atoms with Gasteiger partial charge in [-0.1, -0.05) is 23.9 Å². The van der Waals surface area contributed by atoms with E-state index in [4.69, 9.17) is 0 Å². The number of carbonyl (C=O) groups excluding carboxylic acids is 1. The van der Waals surface area contributed by atoms with Crippen LogP contribution in [0.5, 0.6) is 0 Å². The van der Waals surface area contributed by atoms with Gasteiger partial charge in [0, 0.05) is 45.1 Å². The van der Waals surface area contributed by atoms with E-state index in [1.165, 1.54) is 10.3 Å². The first-order valence-electron chi connectivity index (χ1n) is 8.65. The number of thioether (sulfide) groups is 1. The van der Waals surface area contributed by atoms with Gasteiger partial charge in [-0.3, -0.25) is 14.7 Å². The number of piperazine rings is 1. The lowest BCUT2D eigenvalue weighted by molar-refractivity contribution is -0.130. The molecule has 5 nitrogen and oxygen atoms in total. The molecular formula is C19H20N4OS2. The van der Waals surface area contributed by atoms with Gasteiger partial charge in [-0.2, -0.15) is 0 Å². The van der Waals surface area contributed by atoms with Crippen LogP contribution in [0.2, 0.25) is 0 Å². The van der Waals surface area contributed by atoms with Crippen molar-refractivity contribution in [3.8, 4) is 0 Å². The molecule has 1 amide bonds. The molecule has 0 N–H and O–H groups in total. The fourth-order valence-electron chi connectivity index (χ4n) is 3.03. The molecule has 0 bridgehead atoms. The molecule has 1 aliphatic rings. The van der Waals surface area contributed by atoms with Crippen LogP contribution in [0.4, 0.5) is 0 Å². The number of fused-ring (bicyclic) bond motifs is 1. The molecule has 0 spiro atoms. The molecule has 0 radical (unpaired) electrons. The highest BCUT2D eigenvalue weighted by atomic mass is 32.2. The Morgan fingerprint density at radius 2 is 1.85 bits per heavy atom. The predicted octanol–water partition coefficient (Wildman–Crippen LogP) is 3.13. The summed E-state index contributed by atoms with van der Waals surface area (Å²) in [4.78, 5) is 25.5. The van der Waals surface area contributed by atoms with Crippen molar-refractivity contribution in [2.45, 2.75) is 10.9 Å². The summed E-state index contributed by atoms with van der Waals surface area (Å²) in [6.45, 7) is 4.35. The van der Waals surface area contributed by atoms with Crippen molar-refractivity contribution in [1.29, 1.82) is 0 Å². The minimum atomic E-state index is 0.206. The van der Waals surface area contributed by atoms with Gasteiger partial charge >= 0.3 is 0 Å². The van der Waals surface area contributed by atoms with Crippen molar-refractivity contribution in [2.75, 3.05) is 31.9 Å². The topological polar surface area (TPSA) is 49.3 Å². The summed E-state index contributed by atoms with van der Waals surface area (Å²) in [5, 5.41) is 0. The molecule has 2 aromatic heterocycles. The summed E-state index contributed by atoms with van der Waals surface area (Å²) in [6, 6.07) is 12.2. The van der Waals surface area contributed by atoms with Crippen molar-refractivity contribution >= 4 is 39.2 Å². The van der Waals surface area contributed by atoms with E-state index in [1.807, 2.05) is 47.6 Å². The van der Waals surface area contributed by atoms with E-state index >= 15 is 0 Å². The maximum atomic E-state index is 12.5. The van der Waals surface area contributed by atoms with Crippen molar-refractivity contribution in [3.05, 3.63) is 54.4 Å². The van der Waals surface area contributed by atoms with E-state index in [0.29, 0.717) is 5.75 Å². The van der Waals surface area contributed by atoms with Crippen molar-refractivity contribution in [3.63, 3.8) is 0 Å². The van der Waals surface area contributed by atoms with Crippen LogP contribution in [0.3, 0.4) is 0 Å². The molecule has 7 heteroatoms. The molecule has 0 unspecified atom stereocenters.